The van der Waals surface area contributed by atoms with Crippen molar-refractivity contribution in [3.8, 4) is 0 Å². The van der Waals surface area contributed by atoms with E-state index in [4.69, 9.17) is 9.84 Å². The Labute approximate surface area is 123 Å². The van der Waals surface area contributed by atoms with E-state index in [1.54, 1.807) is 0 Å². The third-order valence-corrected chi connectivity index (χ3v) is 3.64. The Kier molecular flexibility index (Phi) is 8.54. The topological polar surface area (TPSA) is 39.1 Å². The first-order chi connectivity index (χ1) is 9.74. The van der Waals surface area contributed by atoms with E-state index in [0.717, 1.165) is 51.1 Å². The first-order valence-electron chi connectivity index (χ1n) is 8.10. The summed E-state index contributed by atoms with van der Waals surface area (Å²) in [5, 5.41) is 8.27. The zero-order chi connectivity index (χ0) is 14.8. The molecular formula is C16H31N3O. The fourth-order valence-electron chi connectivity index (χ4n) is 2.40. The molecule has 4 nitrogen and oxygen atoms in total. The van der Waals surface area contributed by atoms with Gasteiger partial charge in [0.25, 0.3) is 0 Å². The van der Waals surface area contributed by atoms with E-state index in [1.807, 2.05) is 6.92 Å². The predicted octanol–water partition coefficient (Wildman–Crippen LogP) is 3.19. The zero-order valence-electron chi connectivity index (χ0n) is 13.6. The van der Waals surface area contributed by atoms with Gasteiger partial charge in [-0.05, 0) is 38.8 Å². The number of ether oxygens (including phenoxy) is 1. The zero-order valence-corrected chi connectivity index (χ0v) is 13.6. The van der Waals surface area contributed by atoms with Crippen LogP contribution in [-0.4, -0.2) is 35.6 Å². The fourth-order valence-corrected chi connectivity index (χ4v) is 2.40. The van der Waals surface area contributed by atoms with Gasteiger partial charge >= 0.3 is 0 Å². The molecule has 0 saturated heterocycles. The van der Waals surface area contributed by atoms with Crippen LogP contribution in [0.3, 0.4) is 0 Å². The van der Waals surface area contributed by atoms with Crippen molar-refractivity contribution in [1.29, 1.82) is 0 Å². The van der Waals surface area contributed by atoms with Gasteiger partial charge in [-0.15, -0.1) is 0 Å². The Morgan fingerprint density at radius 3 is 2.60 bits per heavy atom. The van der Waals surface area contributed by atoms with Crippen molar-refractivity contribution in [2.45, 2.75) is 65.5 Å². The van der Waals surface area contributed by atoms with Crippen LogP contribution in [-0.2, 0) is 11.2 Å². The van der Waals surface area contributed by atoms with Gasteiger partial charge in [0, 0.05) is 25.3 Å². The molecule has 1 unspecified atom stereocenters. The van der Waals surface area contributed by atoms with E-state index in [1.165, 1.54) is 0 Å². The van der Waals surface area contributed by atoms with Gasteiger partial charge in [-0.1, -0.05) is 20.8 Å². The minimum atomic E-state index is 0.361. The molecule has 1 N–H and O–H groups in total. The first kappa shape index (κ1) is 17.2. The van der Waals surface area contributed by atoms with Gasteiger partial charge in [0.15, 0.2) is 0 Å². The summed E-state index contributed by atoms with van der Waals surface area (Å²) in [5.41, 5.74) is 1.16. The quantitative estimate of drug-likeness (QED) is 0.677. The number of nitrogens with zero attached hydrogens (tertiary/aromatic N) is 2. The van der Waals surface area contributed by atoms with E-state index in [9.17, 15) is 0 Å². The van der Waals surface area contributed by atoms with Crippen LogP contribution in [0, 0.1) is 0 Å². The van der Waals surface area contributed by atoms with Crippen LogP contribution < -0.4 is 5.32 Å². The molecule has 0 fully saturated rings. The highest BCUT2D eigenvalue weighted by Gasteiger charge is 2.13. The lowest BCUT2D eigenvalue weighted by Crippen LogP contribution is -2.36. The van der Waals surface area contributed by atoms with Crippen molar-refractivity contribution in [2.75, 3.05) is 19.8 Å². The number of hydrogen-bond acceptors (Lipinski definition) is 3. The lowest BCUT2D eigenvalue weighted by molar-refractivity contribution is 0.122. The number of rotatable bonds is 11. The summed E-state index contributed by atoms with van der Waals surface area (Å²) >= 11 is 0. The maximum atomic E-state index is 5.56. The smallest absolute Gasteiger partial charge is 0.0641 e. The lowest BCUT2D eigenvalue weighted by atomic mass is 10.1. The Balaban J connectivity index is 2.58. The molecule has 1 atom stereocenters. The van der Waals surface area contributed by atoms with Crippen LogP contribution in [0.15, 0.2) is 12.3 Å². The molecule has 0 aliphatic carbocycles. The van der Waals surface area contributed by atoms with Gasteiger partial charge in [-0.2, -0.15) is 5.10 Å². The number of nitrogens with one attached hydrogen (secondary N) is 1. The van der Waals surface area contributed by atoms with Gasteiger partial charge in [0.05, 0.1) is 18.3 Å². The average Bonchev–Trinajstić information content (AvgIpc) is 2.91. The summed E-state index contributed by atoms with van der Waals surface area (Å²) < 4.78 is 7.68. The van der Waals surface area contributed by atoms with E-state index < -0.39 is 0 Å². The van der Waals surface area contributed by atoms with Crippen LogP contribution in [0.4, 0.5) is 0 Å². The molecule has 0 amide bonds. The van der Waals surface area contributed by atoms with Crippen LogP contribution in [0.5, 0.6) is 0 Å². The Bertz CT molecular complexity index is 339. The first-order valence-corrected chi connectivity index (χ1v) is 8.10. The third kappa shape index (κ3) is 5.63. The van der Waals surface area contributed by atoms with Crippen LogP contribution in [0.25, 0.3) is 0 Å². The van der Waals surface area contributed by atoms with E-state index >= 15 is 0 Å². The summed E-state index contributed by atoms with van der Waals surface area (Å²) in [4.78, 5) is 0. The molecule has 1 aromatic heterocycles. The highest BCUT2D eigenvalue weighted by Crippen LogP contribution is 2.15. The molecule has 0 radical (unpaired) electrons. The average molecular weight is 281 g/mol. The summed E-state index contributed by atoms with van der Waals surface area (Å²) in [6, 6.07) is 3.03. The maximum absolute atomic E-state index is 5.56. The molecule has 0 aliphatic heterocycles. The van der Waals surface area contributed by atoms with Gasteiger partial charge in [-0.25, -0.2) is 0 Å². The SMILES string of the molecule is CCCNC(COCC)Cc1ccn(C(CC)CC)n1. The van der Waals surface area contributed by atoms with Crippen molar-refractivity contribution in [3.63, 3.8) is 0 Å². The summed E-state index contributed by atoms with van der Waals surface area (Å²) in [6.07, 6.45) is 6.46. The molecule has 0 spiro atoms. The largest absolute Gasteiger partial charge is 0.380 e. The minimum absolute atomic E-state index is 0.361. The number of aromatic nitrogens is 2. The highest BCUT2D eigenvalue weighted by atomic mass is 16.5. The predicted molar refractivity (Wildman–Crippen MR) is 84.1 cm³/mol. The molecule has 0 bridgehead atoms. The molecule has 0 aromatic carbocycles. The van der Waals surface area contributed by atoms with E-state index in [-0.39, 0.29) is 0 Å². The molecule has 116 valence electrons. The maximum Gasteiger partial charge on any atom is 0.0641 e. The molecule has 1 rings (SSSR count). The highest BCUT2D eigenvalue weighted by molar-refractivity contribution is 5.02. The summed E-state index contributed by atoms with van der Waals surface area (Å²) in [7, 11) is 0. The summed E-state index contributed by atoms with van der Waals surface area (Å²) in [6.45, 7) is 11.2. The third-order valence-electron chi connectivity index (χ3n) is 3.64. The normalized spacial score (nSPS) is 13.1. The molecule has 4 heteroatoms. The van der Waals surface area contributed by atoms with Crippen LogP contribution in [0.1, 0.15) is 58.7 Å². The Hall–Kier alpha value is -0.870. The second-order valence-corrected chi connectivity index (χ2v) is 5.27. The van der Waals surface area contributed by atoms with Crippen molar-refractivity contribution in [3.05, 3.63) is 18.0 Å². The summed E-state index contributed by atoms with van der Waals surface area (Å²) in [5.74, 6) is 0. The van der Waals surface area contributed by atoms with Crippen molar-refractivity contribution in [2.24, 2.45) is 0 Å². The van der Waals surface area contributed by atoms with Crippen molar-refractivity contribution < 1.29 is 4.74 Å². The molecular weight excluding hydrogens is 250 g/mol. The standard InChI is InChI=1S/C16H31N3O/c1-5-10-17-15(13-20-8-4)12-14-9-11-19(18-14)16(6-2)7-3/h9,11,15-17H,5-8,10,12-13H2,1-4H3. The number of hydrogen-bond donors (Lipinski definition) is 1. The van der Waals surface area contributed by atoms with E-state index in [0.29, 0.717) is 12.1 Å². The van der Waals surface area contributed by atoms with E-state index in [2.05, 4.69) is 43.0 Å². The van der Waals surface area contributed by atoms with Crippen molar-refractivity contribution in [1.82, 2.24) is 15.1 Å². The Morgan fingerprint density at radius 2 is 2.00 bits per heavy atom. The van der Waals surface area contributed by atoms with Gasteiger partial charge in [0.1, 0.15) is 0 Å². The molecule has 20 heavy (non-hydrogen) atoms. The lowest BCUT2D eigenvalue weighted by Gasteiger charge is -2.17. The fraction of sp³-hybridized carbons (Fsp3) is 0.812. The molecule has 0 saturated carbocycles. The van der Waals surface area contributed by atoms with Crippen LogP contribution in [0.2, 0.25) is 0 Å². The molecule has 1 heterocycles. The second kappa shape index (κ2) is 9.94. The monoisotopic (exact) mass is 281 g/mol. The van der Waals surface area contributed by atoms with Gasteiger partial charge in [0.2, 0.25) is 0 Å². The molecule has 0 aliphatic rings. The Morgan fingerprint density at radius 1 is 1.25 bits per heavy atom. The van der Waals surface area contributed by atoms with Crippen LogP contribution >= 0.6 is 0 Å². The minimum Gasteiger partial charge on any atom is -0.380 e. The van der Waals surface area contributed by atoms with Gasteiger partial charge < -0.3 is 10.1 Å². The second-order valence-electron chi connectivity index (χ2n) is 5.27. The molecule has 1 aromatic rings. The van der Waals surface area contributed by atoms with Crippen molar-refractivity contribution >= 4 is 0 Å². The van der Waals surface area contributed by atoms with Gasteiger partial charge in [-0.3, -0.25) is 4.68 Å².